The molecule has 0 saturated heterocycles. The van der Waals surface area contributed by atoms with Gasteiger partial charge in [0.2, 0.25) is 0 Å². The van der Waals surface area contributed by atoms with Gasteiger partial charge in [0.1, 0.15) is 33.5 Å². The predicted octanol–water partition coefficient (Wildman–Crippen LogP) is 6.10. The van der Waals surface area contributed by atoms with Crippen molar-refractivity contribution >= 4 is 39.1 Å². The Morgan fingerprint density at radius 1 is 1.17 bits per heavy atom. The first-order chi connectivity index (χ1) is 17.1. The molecule has 3 heterocycles. The molecule has 7 nitrogen and oxygen atoms in total. The number of alkyl halides is 3. The summed E-state index contributed by atoms with van der Waals surface area (Å²) >= 11 is 0.677. The molecule has 0 saturated carbocycles. The van der Waals surface area contributed by atoms with Crippen LogP contribution in [0, 0.1) is 6.92 Å². The van der Waals surface area contributed by atoms with Crippen LogP contribution >= 0.6 is 11.3 Å². The number of nitrogens with one attached hydrogen (secondary N) is 1. The Morgan fingerprint density at radius 3 is 2.53 bits per heavy atom. The number of benzene rings is 1. The zero-order valence-electron chi connectivity index (χ0n) is 19.4. The summed E-state index contributed by atoms with van der Waals surface area (Å²) in [6.45, 7) is 3.62. The molecule has 0 spiro atoms. The summed E-state index contributed by atoms with van der Waals surface area (Å²) in [5, 5.41) is 2.76. The van der Waals surface area contributed by atoms with Crippen LogP contribution in [0.25, 0.3) is 10.2 Å². The van der Waals surface area contributed by atoms with Gasteiger partial charge in [-0.05, 0) is 54.8 Å². The number of amides is 2. The fourth-order valence-electron chi connectivity index (χ4n) is 3.67. The maximum atomic E-state index is 13.2. The van der Waals surface area contributed by atoms with Crippen molar-refractivity contribution in [1.82, 2.24) is 4.98 Å². The Kier molecular flexibility index (Phi) is 7.02. The van der Waals surface area contributed by atoms with Crippen molar-refractivity contribution in [3.05, 3.63) is 75.7 Å². The normalized spacial score (nSPS) is 11.6. The Morgan fingerprint density at radius 2 is 1.89 bits per heavy atom. The molecular formula is C25H22F3N3O4S. The van der Waals surface area contributed by atoms with Gasteiger partial charge in [0, 0.05) is 5.39 Å². The summed E-state index contributed by atoms with van der Waals surface area (Å²) in [5.74, 6) is -0.643. The molecular weight excluding hydrogens is 495 g/mol. The lowest BCUT2D eigenvalue weighted by molar-refractivity contribution is -0.141. The van der Waals surface area contributed by atoms with Crippen molar-refractivity contribution in [3.8, 4) is 5.75 Å². The number of nitrogens with zero attached hydrogens (tertiary/aromatic N) is 1. The summed E-state index contributed by atoms with van der Waals surface area (Å²) < 4.78 is 50.8. The largest absolute Gasteiger partial charge is 0.486 e. The lowest BCUT2D eigenvalue weighted by atomic mass is 10.1. The number of fused-ring (bicyclic) bond motifs is 1. The molecule has 0 aliphatic rings. The highest BCUT2D eigenvalue weighted by atomic mass is 32.1. The highest BCUT2D eigenvalue weighted by Crippen LogP contribution is 2.40. The molecule has 4 rings (SSSR count). The summed E-state index contributed by atoms with van der Waals surface area (Å²) in [7, 11) is 0. The molecule has 4 aromatic rings. The average Bonchev–Trinajstić information content (AvgIpc) is 3.44. The molecule has 11 heteroatoms. The number of primary amides is 1. The molecule has 188 valence electrons. The SMILES string of the molecule is CCCc1ccc(OCc2ccc(C(=O)Nc3c(C(N)=O)sc4nc(C(F)(F)F)cc(C)c34)o2)cc1. The van der Waals surface area contributed by atoms with Crippen molar-refractivity contribution < 1.29 is 31.9 Å². The molecule has 0 aliphatic heterocycles. The second kappa shape index (κ2) is 10.0. The van der Waals surface area contributed by atoms with E-state index in [1.165, 1.54) is 18.6 Å². The molecule has 0 atom stereocenters. The van der Waals surface area contributed by atoms with Gasteiger partial charge in [0.05, 0.1) is 5.69 Å². The van der Waals surface area contributed by atoms with Gasteiger partial charge >= 0.3 is 6.18 Å². The Bertz CT molecular complexity index is 1430. The van der Waals surface area contributed by atoms with Crippen LogP contribution in [0.2, 0.25) is 0 Å². The van der Waals surface area contributed by atoms with Crippen molar-refractivity contribution in [3.63, 3.8) is 0 Å². The van der Waals surface area contributed by atoms with E-state index in [0.717, 1.165) is 18.9 Å². The molecule has 0 unspecified atom stereocenters. The maximum Gasteiger partial charge on any atom is 0.433 e. The molecule has 3 N–H and O–H groups in total. The van der Waals surface area contributed by atoms with Gasteiger partial charge in [-0.15, -0.1) is 11.3 Å². The van der Waals surface area contributed by atoms with E-state index < -0.39 is 23.7 Å². The van der Waals surface area contributed by atoms with Gasteiger partial charge in [-0.2, -0.15) is 13.2 Å². The number of ether oxygens (including phenoxy) is 1. The number of pyridine rings is 1. The third-order valence-corrected chi connectivity index (χ3v) is 6.44. The Hall–Kier alpha value is -3.86. The molecule has 0 aliphatic carbocycles. The number of aromatic nitrogens is 1. The van der Waals surface area contributed by atoms with Gasteiger partial charge in [0.15, 0.2) is 5.76 Å². The zero-order chi connectivity index (χ0) is 26.0. The number of furan rings is 1. The number of halogens is 3. The fourth-order valence-corrected chi connectivity index (χ4v) is 4.73. The van der Waals surface area contributed by atoms with E-state index in [9.17, 15) is 22.8 Å². The number of hydrogen-bond acceptors (Lipinski definition) is 6. The highest BCUT2D eigenvalue weighted by molar-refractivity contribution is 7.21. The summed E-state index contributed by atoms with van der Waals surface area (Å²) in [4.78, 5) is 28.3. The smallest absolute Gasteiger partial charge is 0.433 e. The van der Waals surface area contributed by atoms with E-state index in [4.69, 9.17) is 14.9 Å². The Balaban J connectivity index is 1.53. The van der Waals surface area contributed by atoms with Crippen molar-refractivity contribution in [2.24, 2.45) is 5.73 Å². The van der Waals surface area contributed by atoms with Crippen LogP contribution in [0.3, 0.4) is 0 Å². The monoisotopic (exact) mass is 517 g/mol. The van der Waals surface area contributed by atoms with Crippen LogP contribution in [-0.2, 0) is 19.2 Å². The topological polar surface area (TPSA) is 107 Å². The lowest BCUT2D eigenvalue weighted by Gasteiger charge is -2.09. The summed E-state index contributed by atoms with van der Waals surface area (Å²) in [6, 6.07) is 11.5. The Labute approximate surface area is 208 Å². The first kappa shape index (κ1) is 25.2. The maximum absolute atomic E-state index is 13.2. The second-order valence-corrected chi connectivity index (χ2v) is 9.07. The number of anilines is 1. The lowest BCUT2D eigenvalue weighted by Crippen LogP contribution is -2.16. The quantitative estimate of drug-likeness (QED) is 0.294. The van der Waals surface area contributed by atoms with E-state index in [1.54, 1.807) is 6.07 Å². The number of nitrogens with two attached hydrogens (primary N) is 1. The second-order valence-electron chi connectivity index (χ2n) is 8.08. The third-order valence-electron chi connectivity index (χ3n) is 5.34. The summed E-state index contributed by atoms with van der Waals surface area (Å²) in [6.07, 6.45) is -2.64. The van der Waals surface area contributed by atoms with Gasteiger partial charge < -0.3 is 20.2 Å². The standard InChI is InChI=1S/C25H22F3N3O4S/c1-3-4-14-5-7-15(8-6-14)34-12-16-9-10-17(35-16)23(33)31-20-19-13(2)11-18(25(26,27)28)30-24(19)36-21(20)22(29)32/h5-11H,3-4,12H2,1-2H3,(H2,29,32)(H,31,33). The highest BCUT2D eigenvalue weighted by Gasteiger charge is 2.34. The van der Waals surface area contributed by atoms with Crippen LogP contribution in [0.4, 0.5) is 18.9 Å². The minimum atomic E-state index is -4.66. The van der Waals surface area contributed by atoms with E-state index >= 15 is 0 Å². The van der Waals surface area contributed by atoms with Crippen molar-refractivity contribution in [2.75, 3.05) is 5.32 Å². The fraction of sp³-hybridized carbons (Fsp3) is 0.240. The number of aryl methyl sites for hydroxylation is 2. The number of thiophene rings is 1. The summed E-state index contributed by atoms with van der Waals surface area (Å²) in [5.41, 5.74) is 5.71. The molecule has 3 aromatic heterocycles. The minimum absolute atomic E-state index is 0.00686. The molecule has 0 fully saturated rings. The third kappa shape index (κ3) is 5.35. The van der Waals surface area contributed by atoms with Gasteiger partial charge in [0.25, 0.3) is 11.8 Å². The van der Waals surface area contributed by atoms with Crippen molar-refractivity contribution in [2.45, 2.75) is 39.5 Å². The van der Waals surface area contributed by atoms with Crippen LogP contribution in [0.1, 0.15) is 56.2 Å². The number of carbonyl (C=O) groups excluding carboxylic acids is 2. The number of carbonyl (C=O) groups is 2. The molecule has 0 bridgehead atoms. The average molecular weight is 518 g/mol. The molecule has 0 radical (unpaired) electrons. The van der Waals surface area contributed by atoms with Crippen molar-refractivity contribution in [1.29, 1.82) is 0 Å². The van der Waals surface area contributed by atoms with Crippen LogP contribution in [0.5, 0.6) is 5.75 Å². The minimum Gasteiger partial charge on any atom is -0.486 e. The molecule has 36 heavy (non-hydrogen) atoms. The first-order valence-corrected chi connectivity index (χ1v) is 11.8. The van der Waals surface area contributed by atoms with E-state index in [2.05, 4.69) is 17.2 Å². The first-order valence-electron chi connectivity index (χ1n) is 11.0. The van der Waals surface area contributed by atoms with Gasteiger partial charge in [-0.3, -0.25) is 9.59 Å². The predicted molar refractivity (Wildman–Crippen MR) is 129 cm³/mol. The number of hydrogen-bond donors (Lipinski definition) is 2. The molecule has 1 aromatic carbocycles. The van der Waals surface area contributed by atoms with Crippen LogP contribution in [0.15, 0.2) is 46.9 Å². The molecule has 2 amide bonds. The van der Waals surface area contributed by atoms with E-state index in [-0.39, 0.29) is 38.7 Å². The van der Waals surface area contributed by atoms with E-state index in [1.807, 2.05) is 24.3 Å². The zero-order valence-corrected chi connectivity index (χ0v) is 20.2. The van der Waals surface area contributed by atoms with E-state index in [0.29, 0.717) is 22.8 Å². The van der Waals surface area contributed by atoms with Gasteiger partial charge in [-0.25, -0.2) is 4.98 Å². The van der Waals surface area contributed by atoms with Gasteiger partial charge in [-0.1, -0.05) is 25.5 Å². The number of rotatable bonds is 8. The van der Waals surface area contributed by atoms with Crippen LogP contribution < -0.4 is 15.8 Å². The van der Waals surface area contributed by atoms with Crippen LogP contribution in [-0.4, -0.2) is 16.8 Å².